The highest BCUT2D eigenvalue weighted by atomic mass is 16.1. The van der Waals surface area contributed by atoms with Crippen LogP contribution in [0.3, 0.4) is 0 Å². The second-order valence-corrected chi connectivity index (χ2v) is 7.29. The van der Waals surface area contributed by atoms with Gasteiger partial charge in [-0.1, -0.05) is 20.8 Å². The molecule has 3 nitrogen and oxygen atoms in total. The van der Waals surface area contributed by atoms with Gasteiger partial charge in [0.2, 0.25) is 0 Å². The first-order valence-electron chi connectivity index (χ1n) is 7.18. The molecular weight excluding hydrogens is 224 g/mol. The molecule has 2 fully saturated rings. The zero-order valence-electron chi connectivity index (χ0n) is 12.0. The van der Waals surface area contributed by atoms with E-state index in [1.807, 2.05) is 4.68 Å². The summed E-state index contributed by atoms with van der Waals surface area (Å²) in [4.78, 5) is 12.6. The van der Waals surface area contributed by atoms with Gasteiger partial charge in [-0.2, -0.15) is 0 Å². The summed E-state index contributed by atoms with van der Waals surface area (Å²) in [7, 11) is 2.08. The predicted octanol–water partition coefficient (Wildman–Crippen LogP) is 2.99. The molecule has 0 aliphatic heterocycles. The lowest BCUT2D eigenvalue weighted by atomic mass is 9.97. The maximum Gasteiger partial charge on any atom is 0.270 e. The fourth-order valence-corrected chi connectivity index (χ4v) is 2.91. The summed E-state index contributed by atoms with van der Waals surface area (Å²) in [6.07, 6.45) is 4.97. The molecule has 0 saturated heterocycles. The molecule has 0 spiro atoms. The lowest BCUT2D eigenvalue weighted by Gasteiger charge is -2.20. The number of nitrogens with zero attached hydrogens (tertiary/aromatic N) is 2. The van der Waals surface area contributed by atoms with Crippen LogP contribution in [-0.4, -0.2) is 9.36 Å². The standard InChI is InChI=1S/C15H24N2O/c1-15(2,3)9-17-14(18)12(10-5-6-10)13(16(17)4)11-7-8-11/h10-11H,5-9H2,1-4H3. The summed E-state index contributed by atoms with van der Waals surface area (Å²) in [5.74, 6) is 1.24. The van der Waals surface area contributed by atoms with Crippen LogP contribution in [0, 0.1) is 5.41 Å². The van der Waals surface area contributed by atoms with Gasteiger partial charge in [-0.3, -0.25) is 9.48 Å². The van der Waals surface area contributed by atoms with Gasteiger partial charge in [0.1, 0.15) is 0 Å². The van der Waals surface area contributed by atoms with Crippen LogP contribution >= 0.6 is 0 Å². The smallest absolute Gasteiger partial charge is 0.270 e. The number of hydrogen-bond acceptors (Lipinski definition) is 1. The molecule has 3 rings (SSSR count). The molecule has 2 saturated carbocycles. The molecule has 0 unspecified atom stereocenters. The molecule has 0 amide bonds. The van der Waals surface area contributed by atoms with Gasteiger partial charge < -0.3 is 0 Å². The zero-order chi connectivity index (χ0) is 13.1. The number of hydrogen-bond donors (Lipinski definition) is 0. The molecule has 100 valence electrons. The van der Waals surface area contributed by atoms with Crippen molar-refractivity contribution in [3.8, 4) is 0 Å². The average molecular weight is 248 g/mol. The summed E-state index contributed by atoms with van der Waals surface area (Å²) >= 11 is 0. The molecule has 18 heavy (non-hydrogen) atoms. The van der Waals surface area contributed by atoms with Gasteiger partial charge in [0.15, 0.2) is 0 Å². The van der Waals surface area contributed by atoms with Crippen LogP contribution in [0.1, 0.15) is 69.5 Å². The van der Waals surface area contributed by atoms with Crippen molar-refractivity contribution in [1.29, 1.82) is 0 Å². The highest BCUT2D eigenvalue weighted by Gasteiger charge is 2.39. The van der Waals surface area contributed by atoms with Crippen LogP contribution in [0.25, 0.3) is 0 Å². The molecule has 3 heteroatoms. The van der Waals surface area contributed by atoms with Gasteiger partial charge >= 0.3 is 0 Å². The van der Waals surface area contributed by atoms with E-state index in [0.717, 1.165) is 12.1 Å². The number of aromatic nitrogens is 2. The van der Waals surface area contributed by atoms with Crippen LogP contribution in [0.2, 0.25) is 0 Å². The van der Waals surface area contributed by atoms with E-state index in [4.69, 9.17) is 0 Å². The van der Waals surface area contributed by atoms with E-state index in [1.165, 1.54) is 31.4 Å². The summed E-state index contributed by atoms with van der Waals surface area (Å²) < 4.78 is 4.14. The normalized spacial score (nSPS) is 20.4. The van der Waals surface area contributed by atoms with Crippen molar-refractivity contribution in [3.63, 3.8) is 0 Å². The third-order valence-electron chi connectivity index (χ3n) is 4.03. The lowest BCUT2D eigenvalue weighted by Crippen LogP contribution is -2.29. The van der Waals surface area contributed by atoms with E-state index in [9.17, 15) is 4.79 Å². The summed E-state index contributed by atoms with van der Waals surface area (Å²) in [5.41, 5.74) is 2.95. The molecule has 0 radical (unpaired) electrons. The second kappa shape index (κ2) is 3.75. The molecule has 0 atom stereocenters. The van der Waals surface area contributed by atoms with Crippen molar-refractivity contribution in [2.45, 2.75) is 64.8 Å². The van der Waals surface area contributed by atoms with Crippen molar-refractivity contribution in [2.75, 3.05) is 0 Å². The first-order chi connectivity index (χ1) is 8.38. The average Bonchev–Trinajstić information content (AvgIpc) is 3.12. The fourth-order valence-electron chi connectivity index (χ4n) is 2.91. The minimum Gasteiger partial charge on any atom is -0.289 e. The Bertz CT molecular complexity index is 522. The fraction of sp³-hybridized carbons (Fsp3) is 0.800. The van der Waals surface area contributed by atoms with Crippen LogP contribution in [-0.2, 0) is 13.6 Å². The van der Waals surface area contributed by atoms with Crippen molar-refractivity contribution in [3.05, 3.63) is 21.6 Å². The monoisotopic (exact) mass is 248 g/mol. The minimum atomic E-state index is 0.150. The molecule has 1 aromatic heterocycles. The van der Waals surface area contributed by atoms with E-state index < -0.39 is 0 Å². The van der Waals surface area contributed by atoms with E-state index in [0.29, 0.717) is 11.8 Å². The molecule has 0 bridgehead atoms. The second-order valence-electron chi connectivity index (χ2n) is 7.29. The van der Waals surface area contributed by atoms with Crippen LogP contribution in [0.4, 0.5) is 0 Å². The third-order valence-corrected chi connectivity index (χ3v) is 4.03. The summed E-state index contributed by atoms with van der Waals surface area (Å²) in [5, 5.41) is 0. The summed E-state index contributed by atoms with van der Waals surface area (Å²) in [6, 6.07) is 0. The lowest BCUT2D eigenvalue weighted by molar-refractivity contribution is 0.295. The zero-order valence-corrected chi connectivity index (χ0v) is 12.0. The van der Waals surface area contributed by atoms with E-state index in [2.05, 4.69) is 32.5 Å². The Morgan fingerprint density at radius 2 is 1.67 bits per heavy atom. The highest BCUT2D eigenvalue weighted by Crippen LogP contribution is 2.48. The number of rotatable bonds is 3. The Kier molecular flexibility index (Phi) is 2.51. The van der Waals surface area contributed by atoms with Crippen molar-refractivity contribution < 1.29 is 0 Å². The highest BCUT2D eigenvalue weighted by molar-refractivity contribution is 5.32. The Morgan fingerprint density at radius 1 is 1.11 bits per heavy atom. The van der Waals surface area contributed by atoms with Crippen LogP contribution in [0.15, 0.2) is 4.79 Å². The Hall–Kier alpha value is -0.990. The minimum absolute atomic E-state index is 0.150. The van der Waals surface area contributed by atoms with E-state index in [1.54, 1.807) is 0 Å². The quantitative estimate of drug-likeness (QED) is 0.808. The van der Waals surface area contributed by atoms with Gasteiger partial charge in [-0.25, -0.2) is 4.68 Å². The van der Waals surface area contributed by atoms with Crippen molar-refractivity contribution in [1.82, 2.24) is 9.36 Å². The van der Waals surface area contributed by atoms with E-state index >= 15 is 0 Å². The van der Waals surface area contributed by atoms with Crippen LogP contribution in [0.5, 0.6) is 0 Å². The molecule has 1 aromatic rings. The van der Waals surface area contributed by atoms with Gasteiger partial charge in [-0.15, -0.1) is 0 Å². The molecule has 2 aliphatic carbocycles. The van der Waals surface area contributed by atoms with Gasteiger partial charge in [0.25, 0.3) is 5.56 Å². The topological polar surface area (TPSA) is 26.9 Å². The third kappa shape index (κ3) is 2.04. The maximum absolute atomic E-state index is 12.6. The largest absolute Gasteiger partial charge is 0.289 e. The Labute approximate surface area is 109 Å². The first-order valence-corrected chi connectivity index (χ1v) is 7.18. The SMILES string of the molecule is Cn1c(C2CC2)c(C2CC2)c(=O)n1CC(C)(C)C. The molecule has 2 aliphatic rings. The van der Waals surface area contributed by atoms with Gasteiger partial charge in [-0.05, 0) is 37.0 Å². The van der Waals surface area contributed by atoms with Crippen molar-refractivity contribution >= 4 is 0 Å². The van der Waals surface area contributed by atoms with Gasteiger partial charge in [0.05, 0.1) is 0 Å². The molecule has 1 heterocycles. The predicted molar refractivity (Wildman–Crippen MR) is 73.1 cm³/mol. The molecule has 0 N–H and O–H groups in total. The maximum atomic E-state index is 12.6. The molecular formula is C15H24N2O. The van der Waals surface area contributed by atoms with Crippen molar-refractivity contribution in [2.24, 2.45) is 12.5 Å². The molecule has 0 aromatic carbocycles. The first kappa shape index (κ1) is 12.1. The van der Waals surface area contributed by atoms with E-state index in [-0.39, 0.29) is 11.0 Å². The Balaban J connectivity index is 2.09. The summed E-state index contributed by atoms with van der Waals surface area (Å²) in [6.45, 7) is 7.40. The van der Waals surface area contributed by atoms with Crippen LogP contribution < -0.4 is 5.56 Å². The van der Waals surface area contributed by atoms with Gasteiger partial charge in [0, 0.05) is 30.8 Å². The Morgan fingerprint density at radius 3 is 2.11 bits per heavy atom.